The van der Waals surface area contributed by atoms with Crippen molar-refractivity contribution in [1.82, 2.24) is 9.55 Å². The summed E-state index contributed by atoms with van der Waals surface area (Å²) in [6.07, 6.45) is 0. The zero-order valence-electron chi connectivity index (χ0n) is 11.8. The normalized spacial score (nSPS) is 10.8. The van der Waals surface area contributed by atoms with Gasteiger partial charge in [0.05, 0.1) is 23.4 Å². The van der Waals surface area contributed by atoms with E-state index in [1.54, 1.807) is 11.5 Å². The third kappa shape index (κ3) is 3.75. The van der Waals surface area contributed by atoms with Gasteiger partial charge in [-0.05, 0) is 31.5 Å². The average Bonchev–Trinajstić information content (AvgIpc) is 2.74. The molecular weight excluding hydrogens is 292 g/mol. The number of hydrogen-bond acceptors (Lipinski definition) is 5. The van der Waals surface area contributed by atoms with Gasteiger partial charge in [-0.15, -0.1) is 0 Å². The van der Waals surface area contributed by atoms with Gasteiger partial charge in [0.1, 0.15) is 6.54 Å². The average molecular weight is 308 g/mol. The largest absolute Gasteiger partial charge is 0.481 e. The summed E-state index contributed by atoms with van der Waals surface area (Å²) in [4.78, 5) is 26.9. The molecule has 7 heteroatoms. The van der Waals surface area contributed by atoms with Crippen molar-refractivity contribution in [2.45, 2.75) is 25.5 Å². The summed E-state index contributed by atoms with van der Waals surface area (Å²) in [5.74, 6) is -1.40. The Morgan fingerprint density at radius 2 is 2.19 bits per heavy atom. The molecule has 0 saturated heterocycles. The summed E-state index contributed by atoms with van der Waals surface area (Å²) in [6.45, 7) is 4.03. The predicted molar refractivity (Wildman–Crippen MR) is 79.5 cm³/mol. The number of carboxylic acids is 1. The molecule has 0 fully saturated rings. The molecule has 2 aromatic rings. The third-order valence-corrected chi connectivity index (χ3v) is 3.75. The number of carbonyl (C=O) groups excluding carboxylic acids is 1. The number of aliphatic carboxylic acids is 1. The molecule has 0 unspecified atom stereocenters. The van der Waals surface area contributed by atoms with Crippen LogP contribution in [0.1, 0.15) is 12.5 Å². The lowest BCUT2D eigenvalue weighted by atomic mass is 10.2. The van der Waals surface area contributed by atoms with Crippen molar-refractivity contribution >= 4 is 34.7 Å². The van der Waals surface area contributed by atoms with Crippen LogP contribution in [0, 0.1) is 6.92 Å². The van der Waals surface area contributed by atoms with Gasteiger partial charge in [0, 0.05) is 0 Å². The van der Waals surface area contributed by atoms with E-state index in [1.165, 1.54) is 0 Å². The van der Waals surface area contributed by atoms with Crippen LogP contribution in [0.15, 0.2) is 23.4 Å². The van der Waals surface area contributed by atoms with E-state index < -0.39 is 5.97 Å². The quantitative estimate of drug-likeness (QED) is 0.650. The van der Waals surface area contributed by atoms with E-state index in [2.05, 4.69) is 4.98 Å². The first kappa shape index (κ1) is 15.4. The fourth-order valence-corrected chi connectivity index (χ4v) is 2.67. The number of nitrogens with zero attached hydrogens (tertiary/aromatic N) is 2. The van der Waals surface area contributed by atoms with E-state index in [4.69, 9.17) is 9.84 Å². The number of hydrogen-bond donors (Lipinski definition) is 1. The highest BCUT2D eigenvalue weighted by Crippen LogP contribution is 2.25. The van der Waals surface area contributed by atoms with Crippen molar-refractivity contribution in [2.24, 2.45) is 0 Å². The molecule has 2 rings (SSSR count). The number of imidazole rings is 1. The molecule has 0 saturated carbocycles. The minimum atomic E-state index is -0.925. The highest BCUT2D eigenvalue weighted by atomic mass is 32.2. The van der Waals surface area contributed by atoms with Crippen molar-refractivity contribution in [1.29, 1.82) is 0 Å². The second-order valence-corrected chi connectivity index (χ2v) is 5.40. The first-order chi connectivity index (χ1) is 10.0. The van der Waals surface area contributed by atoms with Crippen molar-refractivity contribution in [2.75, 3.05) is 12.4 Å². The first-order valence-electron chi connectivity index (χ1n) is 6.48. The number of esters is 1. The van der Waals surface area contributed by atoms with Crippen LogP contribution < -0.4 is 0 Å². The number of thioether (sulfide) groups is 1. The Labute approximate surface area is 126 Å². The van der Waals surface area contributed by atoms with E-state index in [9.17, 15) is 9.59 Å². The van der Waals surface area contributed by atoms with Crippen molar-refractivity contribution in [3.05, 3.63) is 23.8 Å². The molecule has 1 aromatic heterocycles. The molecule has 0 radical (unpaired) electrons. The Bertz CT molecular complexity index is 681. The molecule has 1 N–H and O–H groups in total. The first-order valence-corrected chi connectivity index (χ1v) is 7.47. The molecule has 6 nitrogen and oxygen atoms in total. The van der Waals surface area contributed by atoms with Crippen molar-refractivity contribution < 1.29 is 19.4 Å². The predicted octanol–water partition coefficient (Wildman–Crippen LogP) is 2.08. The van der Waals surface area contributed by atoms with Gasteiger partial charge in [0.15, 0.2) is 5.16 Å². The minimum absolute atomic E-state index is 0.0236. The van der Waals surface area contributed by atoms with Crippen LogP contribution in [0.25, 0.3) is 11.0 Å². The van der Waals surface area contributed by atoms with Gasteiger partial charge in [-0.3, -0.25) is 9.59 Å². The molecule has 112 valence electrons. The van der Waals surface area contributed by atoms with Gasteiger partial charge in [-0.1, -0.05) is 17.8 Å². The van der Waals surface area contributed by atoms with Gasteiger partial charge in [-0.25, -0.2) is 4.98 Å². The molecule has 0 atom stereocenters. The van der Waals surface area contributed by atoms with Crippen LogP contribution in [0.4, 0.5) is 0 Å². The monoisotopic (exact) mass is 308 g/mol. The standard InChI is InChI=1S/C14H16N2O4S/c1-3-20-13(19)7-16-11-6-9(2)4-5-10(11)15-14(16)21-8-12(17)18/h4-6H,3,7-8H2,1-2H3,(H,17,18). The molecule has 0 aliphatic heterocycles. The number of fused-ring (bicyclic) bond motifs is 1. The number of carboxylic acid groups (broad SMARTS) is 1. The maximum absolute atomic E-state index is 11.7. The fraction of sp³-hybridized carbons (Fsp3) is 0.357. The second-order valence-electron chi connectivity index (χ2n) is 4.46. The summed E-state index contributed by atoms with van der Waals surface area (Å²) in [5, 5.41) is 9.31. The topological polar surface area (TPSA) is 81.4 Å². The van der Waals surface area contributed by atoms with E-state index >= 15 is 0 Å². The van der Waals surface area contributed by atoms with E-state index in [-0.39, 0.29) is 18.3 Å². The van der Waals surface area contributed by atoms with Gasteiger partial charge in [-0.2, -0.15) is 0 Å². The van der Waals surface area contributed by atoms with E-state index in [1.807, 2.05) is 25.1 Å². The Morgan fingerprint density at radius 1 is 1.43 bits per heavy atom. The number of ether oxygens (including phenoxy) is 1. The van der Waals surface area contributed by atoms with Crippen LogP contribution in [0.5, 0.6) is 0 Å². The van der Waals surface area contributed by atoms with E-state index in [0.717, 1.165) is 28.4 Å². The molecule has 0 aliphatic carbocycles. The van der Waals surface area contributed by atoms with Gasteiger partial charge < -0.3 is 14.4 Å². The SMILES string of the molecule is CCOC(=O)Cn1c(SCC(=O)O)nc2ccc(C)cc21. The van der Waals surface area contributed by atoms with E-state index in [0.29, 0.717) is 11.8 Å². The molecule has 1 heterocycles. The van der Waals surface area contributed by atoms with Crippen LogP contribution in [0.2, 0.25) is 0 Å². The minimum Gasteiger partial charge on any atom is -0.481 e. The lowest BCUT2D eigenvalue weighted by Crippen LogP contribution is -2.14. The lowest BCUT2D eigenvalue weighted by molar-refractivity contribution is -0.143. The van der Waals surface area contributed by atoms with Gasteiger partial charge in [0.25, 0.3) is 0 Å². The van der Waals surface area contributed by atoms with Gasteiger partial charge in [0.2, 0.25) is 0 Å². The fourth-order valence-electron chi connectivity index (χ4n) is 1.94. The molecular formula is C14H16N2O4S. The third-order valence-electron chi connectivity index (χ3n) is 2.79. The number of rotatable bonds is 6. The van der Waals surface area contributed by atoms with Crippen LogP contribution in [-0.4, -0.2) is 39.0 Å². The molecule has 21 heavy (non-hydrogen) atoms. The smallest absolute Gasteiger partial charge is 0.326 e. The number of aromatic nitrogens is 2. The lowest BCUT2D eigenvalue weighted by Gasteiger charge is -2.08. The summed E-state index contributed by atoms with van der Waals surface area (Å²) in [6, 6.07) is 5.71. The maximum atomic E-state index is 11.7. The number of benzene rings is 1. The Morgan fingerprint density at radius 3 is 2.86 bits per heavy atom. The maximum Gasteiger partial charge on any atom is 0.326 e. The Balaban J connectivity index is 2.40. The highest BCUT2D eigenvalue weighted by Gasteiger charge is 2.16. The summed E-state index contributed by atoms with van der Waals surface area (Å²) in [7, 11) is 0. The zero-order valence-corrected chi connectivity index (χ0v) is 12.6. The zero-order chi connectivity index (χ0) is 15.4. The van der Waals surface area contributed by atoms with Crippen molar-refractivity contribution in [3.63, 3.8) is 0 Å². The molecule has 0 aliphatic rings. The van der Waals surface area contributed by atoms with Crippen LogP contribution >= 0.6 is 11.8 Å². The molecule has 1 aromatic carbocycles. The molecule has 0 spiro atoms. The number of aryl methyl sites for hydroxylation is 1. The van der Waals surface area contributed by atoms with Crippen molar-refractivity contribution in [3.8, 4) is 0 Å². The Kier molecular flexibility index (Phi) is 4.85. The summed E-state index contributed by atoms with van der Waals surface area (Å²) in [5.41, 5.74) is 2.58. The molecule has 0 bridgehead atoms. The highest BCUT2D eigenvalue weighted by molar-refractivity contribution is 7.99. The van der Waals surface area contributed by atoms with Gasteiger partial charge >= 0.3 is 11.9 Å². The number of carbonyl (C=O) groups is 2. The van der Waals surface area contributed by atoms with Crippen LogP contribution in [0.3, 0.4) is 0 Å². The second kappa shape index (κ2) is 6.62. The Hall–Kier alpha value is -2.02. The molecule has 0 amide bonds. The summed E-state index contributed by atoms with van der Waals surface area (Å²) < 4.78 is 6.66. The summed E-state index contributed by atoms with van der Waals surface area (Å²) >= 11 is 1.09. The van der Waals surface area contributed by atoms with Crippen LogP contribution in [-0.2, 0) is 20.9 Å².